The molecule has 0 saturated carbocycles. The number of carbonyl (C=O) groups is 1. The summed E-state index contributed by atoms with van der Waals surface area (Å²) in [4.78, 5) is 22.9. The van der Waals surface area contributed by atoms with Crippen LogP contribution in [0.2, 0.25) is 0 Å². The second kappa shape index (κ2) is 7.07. The zero-order valence-corrected chi connectivity index (χ0v) is 15.6. The van der Waals surface area contributed by atoms with E-state index in [9.17, 15) is 4.79 Å². The minimum atomic E-state index is 0.167. The van der Waals surface area contributed by atoms with E-state index in [-0.39, 0.29) is 11.8 Å². The average molecular weight is 374 g/mol. The first-order valence-corrected chi connectivity index (χ1v) is 9.78. The lowest BCUT2D eigenvalue weighted by molar-refractivity contribution is -0.132. The van der Waals surface area contributed by atoms with Crippen LogP contribution >= 0.6 is 0 Å². The van der Waals surface area contributed by atoms with Crippen LogP contribution in [-0.4, -0.2) is 48.9 Å². The Kier molecular flexibility index (Phi) is 4.27. The molecule has 1 aliphatic rings. The van der Waals surface area contributed by atoms with Crippen molar-refractivity contribution in [1.29, 1.82) is 0 Å². The SMILES string of the molecule is O=C(CCn1nnc2ccccc21)N1CCCC(c2nc3ccccc3[nH]2)C1. The fraction of sp³-hybridized carbons (Fsp3) is 0.333. The zero-order chi connectivity index (χ0) is 18.9. The van der Waals surface area contributed by atoms with E-state index in [1.807, 2.05) is 58.1 Å². The van der Waals surface area contributed by atoms with E-state index < -0.39 is 0 Å². The van der Waals surface area contributed by atoms with Crippen LogP contribution in [0.25, 0.3) is 22.1 Å². The second-order valence-electron chi connectivity index (χ2n) is 7.37. The van der Waals surface area contributed by atoms with E-state index in [1.165, 1.54) is 0 Å². The fourth-order valence-corrected chi connectivity index (χ4v) is 4.03. The molecule has 28 heavy (non-hydrogen) atoms. The van der Waals surface area contributed by atoms with Gasteiger partial charge < -0.3 is 9.88 Å². The molecule has 0 aliphatic carbocycles. The first-order valence-electron chi connectivity index (χ1n) is 9.78. The molecular formula is C21H22N6O. The molecule has 142 valence electrons. The van der Waals surface area contributed by atoms with Crippen molar-refractivity contribution >= 4 is 28.0 Å². The number of fused-ring (bicyclic) bond motifs is 2. The van der Waals surface area contributed by atoms with Crippen molar-refractivity contribution in [2.24, 2.45) is 0 Å². The lowest BCUT2D eigenvalue weighted by Gasteiger charge is -2.32. The number of aromatic nitrogens is 5. The Balaban J connectivity index is 1.26. The normalized spacial score (nSPS) is 17.4. The maximum absolute atomic E-state index is 12.8. The third-order valence-corrected chi connectivity index (χ3v) is 5.53. The summed E-state index contributed by atoms with van der Waals surface area (Å²) in [5.74, 6) is 1.42. The number of piperidine rings is 1. The summed E-state index contributed by atoms with van der Waals surface area (Å²) in [5, 5.41) is 8.34. The molecule has 2 aromatic heterocycles. The van der Waals surface area contributed by atoms with E-state index in [2.05, 4.69) is 15.3 Å². The Labute approximate surface area is 162 Å². The highest BCUT2D eigenvalue weighted by Gasteiger charge is 2.26. The highest BCUT2D eigenvalue weighted by molar-refractivity contribution is 5.78. The van der Waals surface area contributed by atoms with E-state index in [1.54, 1.807) is 0 Å². The van der Waals surface area contributed by atoms with Crippen molar-refractivity contribution in [2.75, 3.05) is 13.1 Å². The number of H-pyrrole nitrogens is 1. The van der Waals surface area contributed by atoms with Gasteiger partial charge in [0.15, 0.2) is 0 Å². The van der Waals surface area contributed by atoms with E-state index in [0.29, 0.717) is 13.0 Å². The minimum absolute atomic E-state index is 0.167. The number of rotatable bonds is 4. The molecule has 0 radical (unpaired) electrons. The Morgan fingerprint density at radius 1 is 1.11 bits per heavy atom. The molecule has 7 nitrogen and oxygen atoms in total. The molecule has 5 rings (SSSR count). The minimum Gasteiger partial charge on any atom is -0.342 e. The number of aryl methyl sites for hydroxylation is 1. The zero-order valence-electron chi connectivity index (χ0n) is 15.6. The predicted molar refractivity (Wildman–Crippen MR) is 107 cm³/mol. The molecule has 1 unspecified atom stereocenters. The maximum Gasteiger partial charge on any atom is 0.224 e. The van der Waals surface area contributed by atoms with Crippen LogP contribution in [0.4, 0.5) is 0 Å². The smallest absolute Gasteiger partial charge is 0.224 e. The van der Waals surface area contributed by atoms with Crippen molar-refractivity contribution in [2.45, 2.75) is 31.7 Å². The molecule has 1 amide bonds. The predicted octanol–water partition coefficient (Wildman–Crippen LogP) is 3.10. The summed E-state index contributed by atoms with van der Waals surface area (Å²) in [6, 6.07) is 15.9. The number of para-hydroxylation sites is 3. The molecule has 0 spiro atoms. The molecule has 1 fully saturated rings. The van der Waals surface area contributed by atoms with E-state index in [4.69, 9.17) is 4.98 Å². The Morgan fingerprint density at radius 3 is 2.82 bits per heavy atom. The van der Waals surface area contributed by atoms with Crippen LogP contribution in [0, 0.1) is 0 Å². The van der Waals surface area contributed by atoms with Crippen LogP contribution in [0.1, 0.15) is 31.0 Å². The number of imidazole rings is 1. The summed E-state index contributed by atoms with van der Waals surface area (Å²) >= 11 is 0. The molecule has 1 aliphatic heterocycles. The van der Waals surface area contributed by atoms with E-state index >= 15 is 0 Å². The lowest BCUT2D eigenvalue weighted by Crippen LogP contribution is -2.39. The molecule has 0 bridgehead atoms. The van der Waals surface area contributed by atoms with Crippen molar-refractivity contribution in [1.82, 2.24) is 29.9 Å². The molecule has 3 heterocycles. The number of carbonyl (C=O) groups excluding carboxylic acids is 1. The third-order valence-electron chi connectivity index (χ3n) is 5.53. The number of nitrogens with zero attached hydrogens (tertiary/aromatic N) is 5. The fourth-order valence-electron chi connectivity index (χ4n) is 4.03. The van der Waals surface area contributed by atoms with Gasteiger partial charge in [0.25, 0.3) is 0 Å². The summed E-state index contributed by atoms with van der Waals surface area (Å²) < 4.78 is 1.81. The van der Waals surface area contributed by atoms with Gasteiger partial charge >= 0.3 is 0 Å². The van der Waals surface area contributed by atoms with Gasteiger partial charge in [0.1, 0.15) is 11.3 Å². The van der Waals surface area contributed by atoms with Gasteiger partial charge in [0, 0.05) is 25.4 Å². The molecule has 7 heteroatoms. The number of amides is 1. The third kappa shape index (κ3) is 3.13. The van der Waals surface area contributed by atoms with Crippen LogP contribution in [0.5, 0.6) is 0 Å². The second-order valence-corrected chi connectivity index (χ2v) is 7.37. The van der Waals surface area contributed by atoms with Crippen molar-refractivity contribution in [3.63, 3.8) is 0 Å². The summed E-state index contributed by atoms with van der Waals surface area (Å²) in [6.45, 7) is 2.08. The highest BCUT2D eigenvalue weighted by atomic mass is 16.2. The van der Waals surface area contributed by atoms with Gasteiger partial charge in [-0.25, -0.2) is 9.67 Å². The highest BCUT2D eigenvalue weighted by Crippen LogP contribution is 2.27. The number of hydrogen-bond donors (Lipinski definition) is 1. The molecule has 4 aromatic rings. The maximum atomic E-state index is 12.8. The first kappa shape index (κ1) is 16.9. The van der Waals surface area contributed by atoms with Crippen LogP contribution in [0.3, 0.4) is 0 Å². The van der Waals surface area contributed by atoms with Gasteiger partial charge in [-0.05, 0) is 37.1 Å². The van der Waals surface area contributed by atoms with Crippen LogP contribution < -0.4 is 0 Å². The number of benzene rings is 2. The standard InChI is InChI=1S/C21H22N6O/c28-20(11-13-27-19-10-4-3-9-18(19)24-25-27)26-12-5-6-15(14-26)21-22-16-7-1-2-8-17(16)23-21/h1-4,7-10,15H,5-6,11-14H2,(H,22,23). The summed E-state index contributed by atoms with van der Waals surface area (Å²) in [5.41, 5.74) is 3.87. The monoisotopic (exact) mass is 374 g/mol. The molecule has 1 atom stereocenters. The largest absolute Gasteiger partial charge is 0.342 e. The van der Waals surface area contributed by atoms with Crippen molar-refractivity contribution in [3.05, 3.63) is 54.4 Å². The summed E-state index contributed by atoms with van der Waals surface area (Å²) in [6.07, 6.45) is 2.48. The average Bonchev–Trinajstić information content (AvgIpc) is 3.36. The van der Waals surface area contributed by atoms with Crippen LogP contribution in [-0.2, 0) is 11.3 Å². The van der Waals surface area contributed by atoms with Crippen molar-refractivity contribution < 1.29 is 4.79 Å². The Hall–Kier alpha value is -3.22. The van der Waals surface area contributed by atoms with Gasteiger partial charge in [-0.1, -0.05) is 29.5 Å². The van der Waals surface area contributed by atoms with E-state index in [0.717, 1.165) is 53.8 Å². The van der Waals surface area contributed by atoms with Gasteiger partial charge in [-0.2, -0.15) is 0 Å². The molecule has 2 aromatic carbocycles. The Bertz CT molecular complexity index is 1100. The van der Waals surface area contributed by atoms with Gasteiger partial charge in [0.05, 0.1) is 23.1 Å². The Morgan fingerprint density at radius 2 is 1.93 bits per heavy atom. The molecule has 1 N–H and O–H groups in total. The summed E-state index contributed by atoms with van der Waals surface area (Å²) in [7, 11) is 0. The van der Waals surface area contributed by atoms with Crippen molar-refractivity contribution in [3.8, 4) is 0 Å². The number of likely N-dealkylation sites (tertiary alicyclic amines) is 1. The van der Waals surface area contributed by atoms with Gasteiger partial charge in [-0.15, -0.1) is 5.10 Å². The number of aromatic amines is 1. The lowest BCUT2D eigenvalue weighted by atomic mass is 9.97. The topological polar surface area (TPSA) is 79.7 Å². The quantitative estimate of drug-likeness (QED) is 0.595. The van der Waals surface area contributed by atoms with Gasteiger partial charge in [-0.3, -0.25) is 4.79 Å². The first-order chi connectivity index (χ1) is 13.8. The van der Waals surface area contributed by atoms with Crippen LogP contribution in [0.15, 0.2) is 48.5 Å². The number of hydrogen-bond acceptors (Lipinski definition) is 4. The van der Waals surface area contributed by atoms with Gasteiger partial charge in [0.2, 0.25) is 5.91 Å². The molecule has 1 saturated heterocycles. The number of nitrogens with one attached hydrogen (secondary N) is 1. The molecular weight excluding hydrogens is 352 g/mol.